The van der Waals surface area contributed by atoms with Gasteiger partial charge in [0.2, 0.25) is 0 Å². The number of aromatic nitrogens is 2. The van der Waals surface area contributed by atoms with Gasteiger partial charge >= 0.3 is 0 Å². The van der Waals surface area contributed by atoms with Crippen molar-refractivity contribution in [1.29, 1.82) is 0 Å². The SMILES string of the molecule is O=c1[nH][nH]c(CBr)c1CC(Cl)C1CCCCC1. The molecule has 3 nitrogen and oxygen atoms in total. The largest absolute Gasteiger partial charge is 0.301 e. The Morgan fingerprint density at radius 3 is 2.65 bits per heavy atom. The molecule has 0 amide bonds. The Morgan fingerprint density at radius 1 is 1.29 bits per heavy atom. The molecule has 1 unspecified atom stereocenters. The Balaban J connectivity index is 2.03. The molecule has 1 atom stereocenters. The molecule has 1 heterocycles. The molecule has 2 rings (SSSR count). The number of H-pyrrole nitrogens is 2. The van der Waals surface area contributed by atoms with Gasteiger partial charge in [-0.2, -0.15) is 0 Å². The molecular formula is C12H18BrClN2O. The molecule has 0 aromatic carbocycles. The maximum absolute atomic E-state index is 11.7. The minimum atomic E-state index is -0.0269. The monoisotopic (exact) mass is 320 g/mol. The quantitative estimate of drug-likeness (QED) is 0.821. The van der Waals surface area contributed by atoms with E-state index in [1.165, 1.54) is 32.1 Å². The molecule has 1 saturated carbocycles. The maximum atomic E-state index is 11.7. The van der Waals surface area contributed by atoms with Crippen LogP contribution in [0.2, 0.25) is 0 Å². The summed E-state index contributed by atoms with van der Waals surface area (Å²) in [5.41, 5.74) is 1.71. The van der Waals surface area contributed by atoms with Crippen molar-refractivity contribution < 1.29 is 0 Å². The zero-order valence-electron chi connectivity index (χ0n) is 9.77. The molecule has 0 saturated heterocycles. The van der Waals surface area contributed by atoms with Crippen molar-refractivity contribution in [1.82, 2.24) is 10.2 Å². The molecule has 1 aliphatic carbocycles. The van der Waals surface area contributed by atoms with Crippen LogP contribution in [-0.2, 0) is 11.8 Å². The second-order valence-corrected chi connectivity index (χ2v) is 5.91. The standard InChI is InChI=1S/C12H18BrClN2O/c13-7-11-9(12(17)16-15-11)6-10(14)8-4-2-1-3-5-8/h8,10H,1-7H2,(H2,15,16,17). The first-order valence-corrected chi connectivity index (χ1v) is 7.76. The number of aromatic amines is 2. The van der Waals surface area contributed by atoms with E-state index >= 15 is 0 Å². The average Bonchev–Trinajstić information content (AvgIpc) is 2.71. The van der Waals surface area contributed by atoms with Crippen LogP contribution >= 0.6 is 27.5 Å². The summed E-state index contributed by atoms with van der Waals surface area (Å²) >= 11 is 9.84. The van der Waals surface area contributed by atoms with Gasteiger partial charge in [-0.1, -0.05) is 35.2 Å². The van der Waals surface area contributed by atoms with E-state index < -0.39 is 0 Å². The summed E-state index contributed by atoms with van der Waals surface area (Å²) < 4.78 is 0. The number of alkyl halides is 2. The van der Waals surface area contributed by atoms with Gasteiger partial charge in [0.25, 0.3) is 5.56 Å². The van der Waals surface area contributed by atoms with Crippen molar-refractivity contribution in [3.8, 4) is 0 Å². The van der Waals surface area contributed by atoms with Gasteiger partial charge in [0.15, 0.2) is 0 Å². The highest BCUT2D eigenvalue weighted by Crippen LogP contribution is 2.30. The van der Waals surface area contributed by atoms with E-state index in [1.54, 1.807) is 0 Å². The molecular weight excluding hydrogens is 304 g/mol. The number of hydrogen-bond donors (Lipinski definition) is 2. The van der Waals surface area contributed by atoms with E-state index in [1.807, 2.05) is 0 Å². The highest BCUT2D eigenvalue weighted by Gasteiger charge is 2.24. The fourth-order valence-corrected chi connectivity index (χ4v) is 3.49. The molecule has 96 valence electrons. The topological polar surface area (TPSA) is 48.6 Å². The zero-order chi connectivity index (χ0) is 12.3. The maximum Gasteiger partial charge on any atom is 0.267 e. The minimum absolute atomic E-state index is 0.0269. The smallest absolute Gasteiger partial charge is 0.267 e. The Morgan fingerprint density at radius 2 is 2.00 bits per heavy atom. The van der Waals surface area contributed by atoms with Gasteiger partial charge in [0.05, 0.1) is 5.69 Å². The third-order valence-corrected chi connectivity index (χ3v) is 4.73. The van der Waals surface area contributed by atoms with Crippen molar-refractivity contribution in [3.05, 3.63) is 21.6 Å². The lowest BCUT2D eigenvalue weighted by Gasteiger charge is -2.25. The van der Waals surface area contributed by atoms with Crippen molar-refractivity contribution in [2.24, 2.45) is 5.92 Å². The molecule has 0 aliphatic heterocycles. The second-order valence-electron chi connectivity index (χ2n) is 4.79. The third-order valence-electron chi connectivity index (χ3n) is 3.66. The zero-order valence-corrected chi connectivity index (χ0v) is 12.1. The first-order chi connectivity index (χ1) is 8.22. The van der Waals surface area contributed by atoms with E-state index in [2.05, 4.69) is 26.1 Å². The molecule has 17 heavy (non-hydrogen) atoms. The van der Waals surface area contributed by atoms with E-state index in [-0.39, 0.29) is 10.9 Å². The molecule has 1 aromatic rings. The Kier molecular flexibility index (Phi) is 4.74. The molecule has 1 aliphatic rings. The van der Waals surface area contributed by atoms with Crippen LogP contribution in [0.15, 0.2) is 4.79 Å². The summed E-state index contributed by atoms with van der Waals surface area (Å²) in [6.45, 7) is 0. The van der Waals surface area contributed by atoms with Gasteiger partial charge in [0.1, 0.15) is 0 Å². The predicted octanol–water partition coefficient (Wildman–Crippen LogP) is 3.33. The van der Waals surface area contributed by atoms with Crippen LogP contribution in [0.5, 0.6) is 0 Å². The first kappa shape index (κ1) is 13.2. The third kappa shape index (κ3) is 3.16. The van der Waals surface area contributed by atoms with Gasteiger partial charge in [-0.15, -0.1) is 11.6 Å². The van der Waals surface area contributed by atoms with Crippen LogP contribution in [-0.4, -0.2) is 15.6 Å². The summed E-state index contributed by atoms with van der Waals surface area (Å²) in [5.74, 6) is 0.572. The highest BCUT2D eigenvalue weighted by atomic mass is 79.9. The molecule has 0 radical (unpaired) electrons. The van der Waals surface area contributed by atoms with Crippen molar-refractivity contribution >= 4 is 27.5 Å². The number of halogens is 2. The number of hydrogen-bond acceptors (Lipinski definition) is 1. The molecule has 1 aromatic heterocycles. The van der Waals surface area contributed by atoms with Crippen LogP contribution in [0.1, 0.15) is 43.4 Å². The Hall–Kier alpha value is -0.220. The van der Waals surface area contributed by atoms with Crippen LogP contribution in [0.25, 0.3) is 0 Å². The van der Waals surface area contributed by atoms with Crippen molar-refractivity contribution in [2.45, 2.75) is 49.2 Å². The number of rotatable bonds is 4. The normalized spacial score (nSPS) is 19.4. The predicted molar refractivity (Wildman–Crippen MR) is 74.0 cm³/mol. The fraction of sp³-hybridized carbons (Fsp3) is 0.750. The minimum Gasteiger partial charge on any atom is -0.301 e. The van der Waals surface area contributed by atoms with Gasteiger partial charge in [-0.05, 0) is 25.2 Å². The van der Waals surface area contributed by atoms with Gasteiger partial charge in [0, 0.05) is 16.3 Å². The Bertz CT molecular complexity index is 409. The lowest BCUT2D eigenvalue weighted by Crippen LogP contribution is -2.23. The lowest BCUT2D eigenvalue weighted by atomic mass is 9.85. The van der Waals surface area contributed by atoms with Crippen molar-refractivity contribution in [3.63, 3.8) is 0 Å². The van der Waals surface area contributed by atoms with Crippen LogP contribution < -0.4 is 5.56 Å². The molecule has 0 spiro atoms. The summed E-state index contributed by atoms with van der Waals surface area (Å²) in [6, 6.07) is 0. The lowest BCUT2D eigenvalue weighted by molar-refractivity contribution is 0.344. The van der Waals surface area contributed by atoms with Gasteiger partial charge in [-0.25, -0.2) is 0 Å². The summed E-state index contributed by atoms with van der Waals surface area (Å²) in [6.07, 6.45) is 6.98. The molecule has 5 heteroatoms. The average molecular weight is 322 g/mol. The highest BCUT2D eigenvalue weighted by molar-refractivity contribution is 9.08. The molecule has 1 fully saturated rings. The van der Waals surface area contributed by atoms with Gasteiger partial charge < -0.3 is 5.10 Å². The second kappa shape index (κ2) is 6.10. The van der Waals surface area contributed by atoms with Crippen molar-refractivity contribution in [2.75, 3.05) is 0 Å². The molecule has 2 N–H and O–H groups in total. The van der Waals surface area contributed by atoms with Crippen LogP contribution in [0.4, 0.5) is 0 Å². The first-order valence-electron chi connectivity index (χ1n) is 6.20. The van der Waals surface area contributed by atoms with E-state index in [9.17, 15) is 4.79 Å². The molecule has 0 bridgehead atoms. The van der Waals surface area contributed by atoms with E-state index in [4.69, 9.17) is 11.6 Å². The summed E-state index contributed by atoms with van der Waals surface area (Å²) in [5, 5.41) is 6.27. The van der Waals surface area contributed by atoms with Crippen LogP contribution in [0.3, 0.4) is 0 Å². The summed E-state index contributed by atoms with van der Waals surface area (Å²) in [7, 11) is 0. The van der Waals surface area contributed by atoms with Gasteiger partial charge in [-0.3, -0.25) is 9.89 Å². The number of nitrogens with one attached hydrogen (secondary N) is 2. The van der Waals surface area contributed by atoms with E-state index in [0.717, 1.165) is 11.3 Å². The van der Waals surface area contributed by atoms with Crippen LogP contribution in [0, 0.1) is 5.92 Å². The van der Waals surface area contributed by atoms with E-state index in [0.29, 0.717) is 17.7 Å². The fourth-order valence-electron chi connectivity index (χ4n) is 2.61. The summed E-state index contributed by atoms with van der Waals surface area (Å²) in [4.78, 5) is 11.7. The Labute approximate surface area is 114 Å².